The second-order valence-electron chi connectivity index (χ2n) is 15.0. The van der Waals surface area contributed by atoms with Gasteiger partial charge in [-0.2, -0.15) is 9.97 Å². The van der Waals surface area contributed by atoms with Gasteiger partial charge in [-0.15, -0.1) is 12.3 Å². The van der Waals surface area contributed by atoms with Gasteiger partial charge >= 0.3 is 65.2 Å². The average Bonchev–Trinajstić information content (AvgIpc) is 3.98. The fraction of sp³-hybridized carbons (Fsp3) is 0.349. The quantitative estimate of drug-likeness (QED) is 0.130. The zero-order valence-corrected chi connectivity index (χ0v) is 37.8. The molecule has 7 rings (SSSR count). The van der Waals surface area contributed by atoms with E-state index in [1.807, 2.05) is 52.0 Å². The number of methoxy groups -OCH3 is 2. The Hall–Kier alpha value is -3.85. The summed E-state index contributed by atoms with van der Waals surface area (Å²) in [7, 11) is 2.51. The number of rotatable bonds is 12. The summed E-state index contributed by atoms with van der Waals surface area (Å²) in [5, 5.41) is 46.2. The monoisotopic (exact) mass is 884 g/mol. The van der Waals surface area contributed by atoms with E-state index < -0.39 is 25.0 Å². The molecule has 0 aliphatic carbocycles. The molecule has 62 heavy (non-hydrogen) atoms. The van der Waals surface area contributed by atoms with Crippen molar-refractivity contribution in [2.75, 3.05) is 14.2 Å². The molecule has 1 fully saturated rings. The Morgan fingerprint density at radius 3 is 1.34 bits per heavy atom. The van der Waals surface area contributed by atoms with Crippen LogP contribution in [0, 0.1) is 0 Å². The summed E-state index contributed by atoms with van der Waals surface area (Å²) in [4.78, 5) is 8.78. The molecule has 1 saturated heterocycles. The number of hydrogen-bond donors (Lipinski definition) is 4. The standard InChI is InChI=1S/C23H27BN2O6.C18H18BF2N2O4.2CH4.K/c1-22(2)23(3,4)32-24(31-22)17-8-6-14(7-9-17)20-25-21(30-26-20)15-10-16(12-27)18(13-28)19(11-15)29-5;1-19(20,21)14-5-3-11(4-6-14)17-22-18(27-23-17)12-7-13(9-24)15(10-25)16(8-12)26-2;;;/h6-11,27-28H,12-13H2,1-5H3;3-8,24-25H,9-10H2,1-2H3;2*1H4;/q;-1;;;+1. The second-order valence-corrected chi connectivity index (χ2v) is 15.0. The van der Waals surface area contributed by atoms with Crippen molar-refractivity contribution in [3.63, 3.8) is 0 Å². The van der Waals surface area contributed by atoms with E-state index in [9.17, 15) is 29.1 Å². The largest absolute Gasteiger partial charge is 1.00 e. The molecule has 4 N–H and O–H groups in total. The first kappa shape index (κ1) is 52.5. The Bertz CT molecular complexity index is 2330. The number of aliphatic hydroxyl groups excluding tert-OH is 4. The third kappa shape index (κ3) is 11.3. The maximum atomic E-state index is 13.4. The smallest absolute Gasteiger partial charge is 0.496 e. The van der Waals surface area contributed by atoms with Crippen molar-refractivity contribution in [1.82, 2.24) is 20.3 Å². The predicted octanol–water partition coefficient (Wildman–Crippen LogP) is 3.59. The summed E-state index contributed by atoms with van der Waals surface area (Å²) in [6.07, 6.45) is 0. The third-order valence-electron chi connectivity index (χ3n) is 10.5. The van der Waals surface area contributed by atoms with E-state index in [1.165, 1.54) is 38.5 Å². The zero-order valence-electron chi connectivity index (χ0n) is 34.7. The number of halogens is 2. The van der Waals surface area contributed by atoms with Gasteiger partial charge in [0.05, 0.1) is 51.8 Å². The summed E-state index contributed by atoms with van der Waals surface area (Å²) in [5.41, 5.74) is 4.49. The molecule has 0 bridgehead atoms. The van der Waals surface area contributed by atoms with Gasteiger partial charge < -0.3 is 56.9 Å². The van der Waals surface area contributed by atoms with E-state index in [0.717, 1.165) is 17.8 Å². The molecule has 2 aromatic heterocycles. The fourth-order valence-electron chi connectivity index (χ4n) is 6.31. The van der Waals surface area contributed by atoms with E-state index in [2.05, 4.69) is 20.3 Å². The van der Waals surface area contributed by atoms with E-state index in [4.69, 9.17) is 27.8 Å². The van der Waals surface area contributed by atoms with Gasteiger partial charge in [-0.1, -0.05) is 73.7 Å². The van der Waals surface area contributed by atoms with Gasteiger partial charge in [0.25, 0.3) is 11.8 Å². The van der Waals surface area contributed by atoms with Crippen LogP contribution >= 0.6 is 0 Å². The molecule has 0 atom stereocenters. The van der Waals surface area contributed by atoms with Crippen molar-refractivity contribution in [2.45, 2.75) is 87.0 Å². The van der Waals surface area contributed by atoms with Crippen molar-refractivity contribution in [3.8, 4) is 57.2 Å². The average molecular weight is 885 g/mol. The van der Waals surface area contributed by atoms with Crippen LogP contribution in [0.1, 0.15) is 64.8 Å². The second kappa shape index (κ2) is 21.7. The minimum atomic E-state index is -3.57. The predicted molar refractivity (Wildman–Crippen MR) is 230 cm³/mol. The minimum Gasteiger partial charge on any atom is -0.496 e. The maximum absolute atomic E-state index is 13.4. The summed E-state index contributed by atoms with van der Waals surface area (Å²) in [6, 6.07) is 20.0. The minimum absolute atomic E-state index is 0. The van der Waals surface area contributed by atoms with Crippen LogP contribution in [0.3, 0.4) is 0 Å². The molecule has 326 valence electrons. The van der Waals surface area contributed by atoms with E-state index in [1.54, 1.807) is 24.3 Å². The normalized spacial score (nSPS) is 13.9. The third-order valence-corrected chi connectivity index (χ3v) is 10.5. The van der Waals surface area contributed by atoms with Crippen LogP contribution in [0.4, 0.5) is 8.63 Å². The van der Waals surface area contributed by atoms with Crippen LogP contribution in [0.2, 0.25) is 6.82 Å². The molecule has 1 aliphatic rings. The topological polar surface area (TPSA) is 196 Å². The Labute approximate surface area is 403 Å². The Balaban J connectivity index is 0.000000319. The SMILES string of the molecule is C.C.COc1cc(-c2nc(-c3ccc(B4OC(C)(C)C(C)(C)O4)cc3)no2)cc(CO)c1CO.COc1cc(-c2nc(-c3ccc([B-](C)(F)F)cc3)no2)cc(CO)c1CO.[K+]. The van der Waals surface area contributed by atoms with Gasteiger partial charge in [0.15, 0.2) is 0 Å². The Morgan fingerprint density at radius 1 is 0.613 bits per heavy atom. The van der Waals surface area contributed by atoms with Crippen LogP contribution < -0.4 is 71.8 Å². The molecular formula is C43H53B2F2KN4O10. The first-order chi connectivity index (χ1) is 28.1. The van der Waals surface area contributed by atoms with Gasteiger partial charge in [0.2, 0.25) is 11.6 Å². The molecule has 1 aliphatic heterocycles. The van der Waals surface area contributed by atoms with E-state index in [-0.39, 0.29) is 116 Å². The van der Waals surface area contributed by atoms with Crippen molar-refractivity contribution in [1.29, 1.82) is 0 Å². The van der Waals surface area contributed by atoms with Crippen LogP contribution in [0.15, 0.2) is 81.8 Å². The molecule has 4 aromatic carbocycles. The van der Waals surface area contributed by atoms with Crippen LogP contribution in [-0.4, -0.2) is 79.9 Å². The van der Waals surface area contributed by atoms with Crippen LogP contribution in [-0.2, 0) is 35.7 Å². The van der Waals surface area contributed by atoms with Gasteiger partial charge in [0, 0.05) is 33.4 Å². The van der Waals surface area contributed by atoms with Gasteiger partial charge in [-0.05, 0) is 68.6 Å². The molecule has 3 heterocycles. The van der Waals surface area contributed by atoms with Gasteiger partial charge in [-0.3, -0.25) is 0 Å². The van der Waals surface area contributed by atoms with Crippen LogP contribution in [0.25, 0.3) is 45.7 Å². The molecule has 14 nitrogen and oxygen atoms in total. The molecule has 0 amide bonds. The van der Waals surface area contributed by atoms with Crippen molar-refractivity contribution >= 4 is 24.7 Å². The number of ether oxygens (including phenoxy) is 2. The first-order valence-electron chi connectivity index (χ1n) is 18.7. The maximum Gasteiger partial charge on any atom is 1.00 e. The number of hydrogen-bond acceptors (Lipinski definition) is 14. The fourth-order valence-corrected chi connectivity index (χ4v) is 6.31. The molecule has 0 unspecified atom stereocenters. The first-order valence-corrected chi connectivity index (χ1v) is 18.7. The van der Waals surface area contributed by atoms with E-state index >= 15 is 0 Å². The molecule has 6 aromatic rings. The van der Waals surface area contributed by atoms with Gasteiger partial charge in [0.1, 0.15) is 11.5 Å². The van der Waals surface area contributed by atoms with Crippen LogP contribution in [0.5, 0.6) is 11.5 Å². The molecule has 0 spiro atoms. The Morgan fingerprint density at radius 2 is 1.00 bits per heavy atom. The van der Waals surface area contributed by atoms with Crippen molar-refractivity contribution in [2.24, 2.45) is 0 Å². The molecule has 0 radical (unpaired) electrons. The number of aromatic nitrogens is 4. The Kier molecular flexibility index (Phi) is 18.4. The summed E-state index contributed by atoms with van der Waals surface area (Å²) in [5.74, 6) is 1.97. The number of aliphatic hydroxyl groups is 4. The van der Waals surface area contributed by atoms with Crippen molar-refractivity contribution < 1.29 is 108 Å². The molecule has 19 heteroatoms. The van der Waals surface area contributed by atoms with Gasteiger partial charge in [-0.25, -0.2) is 0 Å². The van der Waals surface area contributed by atoms with E-state index in [0.29, 0.717) is 56.3 Å². The number of nitrogens with zero attached hydrogens (tertiary/aromatic N) is 4. The molecular weight excluding hydrogens is 831 g/mol. The summed E-state index contributed by atoms with van der Waals surface area (Å²) in [6.45, 7) is 4.33. The molecule has 0 saturated carbocycles. The summed E-state index contributed by atoms with van der Waals surface area (Å²) >= 11 is 0. The zero-order chi connectivity index (χ0) is 42.7. The number of benzene rings is 4. The van der Waals surface area contributed by atoms with Crippen molar-refractivity contribution in [3.05, 3.63) is 95.1 Å². The summed E-state index contributed by atoms with van der Waals surface area (Å²) < 4.78 is 60.3.